The highest BCUT2D eigenvalue weighted by Gasteiger charge is 2.31. The summed E-state index contributed by atoms with van der Waals surface area (Å²) in [4.78, 5) is 6.81. The third-order valence-corrected chi connectivity index (χ3v) is 3.54. The number of nitrogens with two attached hydrogens (primary N) is 1. The molecule has 1 fully saturated rings. The Kier molecular flexibility index (Phi) is 3.46. The summed E-state index contributed by atoms with van der Waals surface area (Å²) in [5.74, 6) is 1.43. The number of hydrogen-bond acceptors (Lipinski definition) is 4. The fourth-order valence-corrected chi connectivity index (χ4v) is 2.33. The average Bonchev–Trinajstić information content (AvgIpc) is 3.31. The van der Waals surface area contributed by atoms with E-state index in [1.165, 1.54) is 18.4 Å². The van der Waals surface area contributed by atoms with Crippen LogP contribution >= 0.6 is 0 Å². The first-order chi connectivity index (χ1) is 9.78. The van der Waals surface area contributed by atoms with Crippen molar-refractivity contribution in [3.63, 3.8) is 0 Å². The molecule has 0 unspecified atom stereocenters. The van der Waals surface area contributed by atoms with E-state index in [1.807, 2.05) is 12.1 Å². The summed E-state index contributed by atoms with van der Waals surface area (Å²) in [5, 5.41) is 0. The fourth-order valence-electron chi connectivity index (χ4n) is 2.33. The van der Waals surface area contributed by atoms with Crippen LogP contribution in [0.15, 0.2) is 42.5 Å². The second kappa shape index (κ2) is 5.41. The number of rotatable bonds is 5. The fraction of sp³-hybridized carbons (Fsp3) is 0.312. The first kappa shape index (κ1) is 12.8. The van der Waals surface area contributed by atoms with Gasteiger partial charge in [-0.2, -0.15) is 4.98 Å². The highest BCUT2D eigenvalue weighted by molar-refractivity contribution is 5.64. The molecule has 0 spiro atoms. The second-order valence-corrected chi connectivity index (χ2v) is 5.11. The van der Waals surface area contributed by atoms with Crippen LogP contribution in [0.3, 0.4) is 0 Å². The number of methoxy groups -OCH3 is 1. The molecule has 0 saturated heterocycles. The van der Waals surface area contributed by atoms with E-state index < -0.39 is 0 Å². The maximum Gasteiger partial charge on any atom is 0.215 e. The van der Waals surface area contributed by atoms with Crippen LogP contribution in [0.25, 0.3) is 0 Å². The maximum atomic E-state index is 6.10. The Labute approximate surface area is 119 Å². The summed E-state index contributed by atoms with van der Waals surface area (Å²) in [6.07, 6.45) is 2.40. The Balaban J connectivity index is 1.91. The lowest BCUT2D eigenvalue weighted by Gasteiger charge is -2.25. The molecule has 0 atom stereocenters. The molecule has 3 rings (SSSR count). The van der Waals surface area contributed by atoms with E-state index in [1.54, 1.807) is 13.2 Å². The topological polar surface area (TPSA) is 51.4 Å². The van der Waals surface area contributed by atoms with Gasteiger partial charge in [0.25, 0.3) is 0 Å². The third-order valence-electron chi connectivity index (χ3n) is 3.54. The van der Waals surface area contributed by atoms with E-state index in [4.69, 9.17) is 10.5 Å². The van der Waals surface area contributed by atoms with Crippen molar-refractivity contribution in [1.29, 1.82) is 0 Å². The molecule has 1 aromatic carbocycles. The third kappa shape index (κ3) is 2.69. The minimum atomic E-state index is 0.539. The van der Waals surface area contributed by atoms with Crippen LogP contribution < -0.4 is 15.4 Å². The maximum absolute atomic E-state index is 6.10. The zero-order chi connectivity index (χ0) is 13.9. The Morgan fingerprint density at radius 3 is 2.60 bits per heavy atom. The Hall–Kier alpha value is -2.23. The second-order valence-electron chi connectivity index (χ2n) is 5.11. The monoisotopic (exact) mass is 269 g/mol. The van der Waals surface area contributed by atoms with Gasteiger partial charge in [-0.15, -0.1) is 0 Å². The number of aromatic nitrogens is 1. The van der Waals surface area contributed by atoms with E-state index in [-0.39, 0.29) is 0 Å². The minimum absolute atomic E-state index is 0.539. The molecule has 1 aliphatic rings. The number of nitrogens with zero attached hydrogens (tertiary/aromatic N) is 2. The standard InChI is InChI=1S/C16H19N3O/c1-20-15-10-9-14(17)16(18-15)19(13-7-8-13)11-12-5-3-2-4-6-12/h2-6,9-10,13H,7-8,11,17H2,1H3. The predicted molar refractivity (Wildman–Crippen MR) is 80.8 cm³/mol. The Morgan fingerprint density at radius 1 is 1.20 bits per heavy atom. The molecule has 20 heavy (non-hydrogen) atoms. The van der Waals surface area contributed by atoms with Gasteiger partial charge in [0.1, 0.15) is 0 Å². The van der Waals surface area contributed by atoms with Gasteiger partial charge in [0.2, 0.25) is 5.88 Å². The van der Waals surface area contributed by atoms with Crippen LogP contribution in [-0.2, 0) is 6.54 Å². The van der Waals surface area contributed by atoms with Gasteiger partial charge in [-0.05, 0) is 24.5 Å². The van der Waals surface area contributed by atoms with Crippen molar-refractivity contribution in [3.8, 4) is 5.88 Å². The van der Waals surface area contributed by atoms with Crippen molar-refractivity contribution in [2.24, 2.45) is 0 Å². The highest BCUT2D eigenvalue weighted by Crippen LogP contribution is 2.35. The molecule has 4 nitrogen and oxygen atoms in total. The van der Waals surface area contributed by atoms with Crippen LogP contribution in [0.2, 0.25) is 0 Å². The zero-order valence-corrected chi connectivity index (χ0v) is 11.6. The van der Waals surface area contributed by atoms with E-state index in [0.29, 0.717) is 17.6 Å². The number of ether oxygens (including phenoxy) is 1. The van der Waals surface area contributed by atoms with Gasteiger partial charge >= 0.3 is 0 Å². The van der Waals surface area contributed by atoms with E-state index in [0.717, 1.165) is 12.4 Å². The zero-order valence-electron chi connectivity index (χ0n) is 11.6. The van der Waals surface area contributed by atoms with Gasteiger partial charge in [0.15, 0.2) is 5.82 Å². The Bertz CT molecular complexity index is 582. The molecule has 4 heteroatoms. The van der Waals surface area contributed by atoms with Crippen molar-refractivity contribution < 1.29 is 4.74 Å². The first-order valence-corrected chi connectivity index (χ1v) is 6.89. The molecule has 0 bridgehead atoms. The smallest absolute Gasteiger partial charge is 0.215 e. The van der Waals surface area contributed by atoms with E-state index in [2.05, 4.69) is 34.1 Å². The molecule has 104 valence electrons. The van der Waals surface area contributed by atoms with Crippen molar-refractivity contribution in [2.45, 2.75) is 25.4 Å². The molecular weight excluding hydrogens is 250 g/mol. The van der Waals surface area contributed by atoms with Gasteiger partial charge in [-0.1, -0.05) is 30.3 Å². The first-order valence-electron chi connectivity index (χ1n) is 6.89. The average molecular weight is 269 g/mol. The van der Waals surface area contributed by atoms with Gasteiger partial charge < -0.3 is 15.4 Å². The van der Waals surface area contributed by atoms with Crippen LogP contribution in [0.1, 0.15) is 18.4 Å². The van der Waals surface area contributed by atoms with E-state index in [9.17, 15) is 0 Å². The van der Waals surface area contributed by atoms with Crippen molar-refractivity contribution in [3.05, 3.63) is 48.0 Å². The lowest BCUT2D eigenvalue weighted by molar-refractivity contribution is 0.398. The summed E-state index contributed by atoms with van der Waals surface area (Å²) in [6, 6.07) is 14.6. The number of benzene rings is 1. The summed E-state index contributed by atoms with van der Waals surface area (Å²) < 4.78 is 5.22. The van der Waals surface area contributed by atoms with Gasteiger partial charge in [-0.25, -0.2) is 0 Å². The molecule has 0 amide bonds. The molecule has 0 aliphatic heterocycles. The predicted octanol–water partition coefficient (Wildman–Crippen LogP) is 2.84. The van der Waals surface area contributed by atoms with Crippen molar-refractivity contribution >= 4 is 11.5 Å². The summed E-state index contributed by atoms with van der Waals surface area (Å²) >= 11 is 0. The Morgan fingerprint density at radius 2 is 1.95 bits per heavy atom. The van der Waals surface area contributed by atoms with Crippen molar-refractivity contribution in [2.75, 3.05) is 17.7 Å². The quantitative estimate of drug-likeness (QED) is 0.906. The lowest BCUT2D eigenvalue weighted by Crippen LogP contribution is -2.27. The van der Waals surface area contributed by atoms with Crippen LogP contribution in [0, 0.1) is 0 Å². The molecule has 1 saturated carbocycles. The molecular formula is C16H19N3O. The van der Waals surface area contributed by atoms with Crippen LogP contribution in [-0.4, -0.2) is 18.1 Å². The number of nitrogen functional groups attached to an aromatic ring is 1. The number of pyridine rings is 1. The van der Waals surface area contributed by atoms with Gasteiger partial charge in [0.05, 0.1) is 12.8 Å². The molecule has 1 aromatic heterocycles. The normalized spacial score (nSPS) is 14.1. The number of hydrogen-bond donors (Lipinski definition) is 1. The minimum Gasteiger partial charge on any atom is -0.481 e. The highest BCUT2D eigenvalue weighted by atomic mass is 16.5. The van der Waals surface area contributed by atoms with Crippen molar-refractivity contribution in [1.82, 2.24) is 4.98 Å². The van der Waals surface area contributed by atoms with E-state index >= 15 is 0 Å². The molecule has 1 heterocycles. The summed E-state index contributed by atoms with van der Waals surface area (Å²) in [6.45, 7) is 0.829. The van der Waals surface area contributed by atoms with Gasteiger partial charge in [0, 0.05) is 18.7 Å². The van der Waals surface area contributed by atoms with Crippen LogP contribution in [0.4, 0.5) is 11.5 Å². The summed E-state index contributed by atoms with van der Waals surface area (Å²) in [7, 11) is 1.63. The molecule has 2 aromatic rings. The molecule has 0 radical (unpaired) electrons. The summed E-state index contributed by atoms with van der Waals surface area (Å²) in [5.41, 5.74) is 8.07. The number of anilines is 2. The van der Waals surface area contributed by atoms with Gasteiger partial charge in [-0.3, -0.25) is 0 Å². The molecule has 1 aliphatic carbocycles. The molecule has 2 N–H and O–H groups in total. The van der Waals surface area contributed by atoms with Crippen LogP contribution in [0.5, 0.6) is 5.88 Å². The lowest BCUT2D eigenvalue weighted by atomic mass is 10.2. The largest absolute Gasteiger partial charge is 0.481 e. The SMILES string of the molecule is COc1ccc(N)c(N(Cc2ccccc2)C2CC2)n1.